The molecule has 9 heteroatoms. The van der Waals surface area contributed by atoms with Crippen molar-refractivity contribution in [3.8, 4) is 5.75 Å². The second-order valence-corrected chi connectivity index (χ2v) is 7.09. The Morgan fingerprint density at radius 1 is 1.43 bits per heavy atom. The minimum atomic E-state index is -3.98. The van der Waals surface area contributed by atoms with Gasteiger partial charge >= 0.3 is 0 Å². The van der Waals surface area contributed by atoms with Crippen molar-refractivity contribution in [3.05, 3.63) is 35.7 Å². The molecular formula is C12H12ClFN2O4S. The summed E-state index contributed by atoms with van der Waals surface area (Å²) in [7, 11) is 1.14. The molecule has 114 valence electrons. The predicted octanol–water partition coefficient (Wildman–Crippen LogP) is 2.84. The summed E-state index contributed by atoms with van der Waals surface area (Å²) in [6.07, 6.45) is 0. The molecule has 0 aliphatic carbocycles. The summed E-state index contributed by atoms with van der Waals surface area (Å²) in [5, 5.41) is 3.74. The maximum Gasteiger partial charge on any atom is 0.264 e. The Bertz CT molecular complexity index is 745. The lowest BCUT2D eigenvalue weighted by Crippen LogP contribution is -2.00. The standard InChI is InChI=1S/C12H12ClFN2O4S/c1-7(2)12-15-11(20-16-12)6-19-10-4-3-8(5-9(10)14)21(13,17)18/h3-5,7H,6H2,1-2H3. The van der Waals surface area contributed by atoms with Crippen LogP contribution in [0.25, 0.3) is 0 Å². The highest BCUT2D eigenvalue weighted by Gasteiger charge is 2.15. The minimum Gasteiger partial charge on any atom is -0.481 e. The molecule has 0 fully saturated rings. The number of rotatable bonds is 5. The number of hydrogen-bond donors (Lipinski definition) is 0. The highest BCUT2D eigenvalue weighted by molar-refractivity contribution is 8.13. The summed E-state index contributed by atoms with van der Waals surface area (Å²) < 4.78 is 46.0. The molecule has 1 heterocycles. The summed E-state index contributed by atoms with van der Waals surface area (Å²) in [5.74, 6) is -0.152. The molecule has 21 heavy (non-hydrogen) atoms. The molecule has 0 unspecified atom stereocenters. The van der Waals surface area contributed by atoms with Crippen LogP contribution in [0.5, 0.6) is 5.75 Å². The third-order valence-electron chi connectivity index (χ3n) is 2.54. The van der Waals surface area contributed by atoms with Gasteiger partial charge in [-0.3, -0.25) is 0 Å². The fraction of sp³-hybridized carbons (Fsp3) is 0.333. The Kier molecular flexibility index (Phi) is 4.48. The second kappa shape index (κ2) is 5.98. The highest BCUT2D eigenvalue weighted by atomic mass is 35.7. The van der Waals surface area contributed by atoms with E-state index < -0.39 is 14.9 Å². The Balaban J connectivity index is 2.09. The molecule has 0 saturated carbocycles. The van der Waals surface area contributed by atoms with Crippen LogP contribution in [-0.4, -0.2) is 18.6 Å². The average Bonchev–Trinajstić information content (AvgIpc) is 2.85. The van der Waals surface area contributed by atoms with Crippen molar-refractivity contribution in [2.24, 2.45) is 0 Å². The van der Waals surface area contributed by atoms with Crippen LogP contribution in [0.4, 0.5) is 4.39 Å². The van der Waals surface area contributed by atoms with E-state index in [0.717, 1.165) is 12.1 Å². The first-order valence-electron chi connectivity index (χ1n) is 5.97. The summed E-state index contributed by atoms with van der Waals surface area (Å²) >= 11 is 0. The van der Waals surface area contributed by atoms with Crippen LogP contribution in [-0.2, 0) is 15.7 Å². The molecule has 1 aromatic heterocycles. The van der Waals surface area contributed by atoms with Crippen LogP contribution in [0.3, 0.4) is 0 Å². The topological polar surface area (TPSA) is 82.3 Å². The van der Waals surface area contributed by atoms with Gasteiger partial charge in [0.1, 0.15) is 0 Å². The second-order valence-electron chi connectivity index (χ2n) is 4.52. The fourth-order valence-electron chi connectivity index (χ4n) is 1.45. The highest BCUT2D eigenvalue weighted by Crippen LogP contribution is 2.24. The fourth-order valence-corrected chi connectivity index (χ4v) is 2.21. The summed E-state index contributed by atoms with van der Waals surface area (Å²) in [6, 6.07) is 3.10. The van der Waals surface area contributed by atoms with Crippen LogP contribution in [0.2, 0.25) is 0 Å². The molecule has 0 N–H and O–H groups in total. The SMILES string of the molecule is CC(C)c1noc(COc2ccc(S(=O)(=O)Cl)cc2F)n1. The van der Waals surface area contributed by atoms with Gasteiger partial charge in [0.2, 0.25) is 0 Å². The van der Waals surface area contributed by atoms with Gasteiger partial charge < -0.3 is 9.26 Å². The van der Waals surface area contributed by atoms with Crippen molar-refractivity contribution in [2.45, 2.75) is 31.3 Å². The van der Waals surface area contributed by atoms with E-state index in [1.165, 1.54) is 6.07 Å². The maximum absolute atomic E-state index is 13.7. The van der Waals surface area contributed by atoms with E-state index in [0.29, 0.717) is 5.82 Å². The van der Waals surface area contributed by atoms with E-state index in [1.54, 1.807) is 0 Å². The van der Waals surface area contributed by atoms with Gasteiger partial charge in [0.05, 0.1) is 4.90 Å². The van der Waals surface area contributed by atoms with Crippen LogP contribution in [0.15, 0.2) is 27.6 Å². The molecule has 6 nitrogen and oxygen atoms in total. The van der Waals surface area contributed by atoms with Gasteiger partial charge in [-0.2, -0.15) is 4.98 Å². The van der Waals surface area contributed by atoms with Gasteiger partial charge in [-0.25, -0.2) is 12.8 Å². The first kappa shape index (κ1) is 15.7. The van der Waals surface area contributed by atoms with Crippen molar-refractivity contribution in [1.29, 1.82) is 0 Å². The van der Waals surface area contributed by atoms with Crippen molar-refractivity contribution >= 4 is 19.7 Å². The molecule has 2 aromatic rings. The third kappa shape index (κ3) is 3.92. The number of aromatic nitrogens is 2. The van der Waals surface area contributed by atoms with Gasteiger partial charge in [-0.1, -0.05) is 19.0 Å². The van der Waals surface area contributed by atoms with E-state index in [1.807, 2.05) is 13.8 Å². The minimum absolute atomic E-state index is 0.104. The van der Waals surface area contributed by atoms with Crippen LogP contribution in [0.1, 0.15) is 31.5 Å². The molecule has 2 rings (SSSR count). The van der Waals surface area contributed by atoms with Crippen molar-refractivity contribution < 1.29 is 22.1 Å². The quantitative estimate of drug-likeness (QED) is 0.782. The molecule has 1 aromatic carbocycles. The van der Waals surface area contributed by atoms with E-state index in [-0.39, 0.29) is 29.1 Å². The maximum atomic E-state index is 13.7. The molecule has 0 amide bonds. The molecule has 0 bridgehead atoms. The number of ether oxygens (including phenoxy) is 1. The molecular weight excluding hydrogens is 323 g/mol. The van der Waals surface area contributed by atoms with Crippen LogP contribution < -0.4 is 4.74 Å². The van der Waals surface area contributed by atoms with E-state index in [2.05, 4.69) is 10.1 Å². The van der Waals surface area contributed by atoms with Crippen molar-refractivity contribution in [3.63, 3.8) is 0 Å². The molecule has 0 radical (unpaired) electrons. The van der Waals surface area contributed by atoms with Crippen molar-refractivity contribution in [2.75, 3.05) is 0 Å². The Labute approximate surface area is 125 Å². The number of benzene rings is 1. The number of hydrogen-bond acceptors (Lipinski definition) is 6. The van der Waals surface area contributed by atoms with Gasteiger partial charge in [-0.15, -0.1) is 0 Å². The Morgan fingerprint density at radius 2 is 2.14 bits per heavy atom. The first-order valence-corrected chi connectivity index (χ1v) is 8.28. The van der Waals surface area contributed by atoms with Crippen LogP contribution in [0, 0.1) is 5.82 Å². The Morgan fingerprint density at radius 3 is 2.67 bits per heavy atom. The monoisotopic (exact) mass is 334 g/mol. The molecule has 0 atom stereocenters. The van der Waals surface area contributed by atoms with Gasteiger partial charge in [-0.05, 0) is 18.2 Å². The average molecular weight is 335 g/mol. The molecule has 0 spiro atoms. The van der Waals surface area contributed by atoms with Gasteiger partial charge in [0.15, 0.2) is 24.0 Å². The van der Waals surface area contributed by atoms with Crippen molar-refractivity contribution in [1.82, 2.24) is 10.1 Å². The third-order valence-corrected chi connectivity index (χ3v) is 3.89. The largest absolute Gasteiger partial charge is 0.481 e. The predicted molar refractivity (Wildman–Crippen MR) is 72.2 cm³/mol. The number of nitrogens with zero attached hydrogens (tertiary/aromatic N) is 2. The lowest BCUT2D eigenvalue weighted by atomic mass is 10.2. The van der Waals surface area contributed by atoms with Gasteiger partial charge in [0.25, 0.3) is 14.9 Å². The lowest BCUT2D eigenvalue weighted by Gasteiger charge is -2.05. The molecule has 0 aliphatic rings. The van der Waals surface area contributed by atoms with E-state index in [4.69, 9.17) is 19.9 Å². The Hall–Kier alpha value is -1.67. The number of halogens is 2. The van der Waals surface area contributed by atoms with Gasteiger partial charge in [0, 0.05) is 16.6 Å². The van der Waals surface area contributed by atoms with E-state index in [9.17, 15) is 12.8 Å². The molecule has 0 aliphatic heterocycles. The summed E-state index contributed by atoms with van der Waals surface area (Å²) in [5.41, 5.74) is 0. The van der Waals surface area contributed by atoms with E-state index >= 15 is 0 Å². The lowest BCUT2D eigenvalue weighted by molar-refractivity contribution is 0.233. The van der Waals surface area contributed by atoms with Crippen LogP contribution >= 0.6 is 10.7 Å². The first-order chi connectivity index (χ1) is 9.77. The zero-order chi connectivity index (χ0) is 15.6. The zero-order valence-corrected chi connectivity index (χ0v) is 12.8. The summed E-state index contributed by atoms with van der Waals surface area (Å²) in [6.45, 7) is 3.69. The normalized spacial score (nSPS) is 11.9. The zero-order valence-electron chi connectivity index (χ0n) is 11.2. The summed E-state index contributed by atoms with van der Waals surface area (Å²) in [4.78, 5) is 3.73. The molecule has 0 saturated heterocycles. The smallest absolute Gasteiger partial charge is 0.264 e.